The summed E-state index contributed by atoms with van der Waals surface area (Å²) in [7, 11) is 1.41. The van der Waals surface area contributed by atoms with E-state index in [2.05, 4.69) is 13.8 Å². The first-order chi connectivity index (χ1) is 9.98. The zero-order valence-electron chi connectivity index (χ0n) is 12.5. The number of alkyl halides is 1. The molecule has 0 heterocycles. The van der Waals surface area contributed by atoms with Gasteiger partial charge in [0.15, 0.2) is 5.75 Å². The highest BCUT2D eigenvalue weighted by Gasteiger charge is 2.53. The maximum Gasteiger partial charge on any atom is 0.314 e. The number of hydrogen-bond acceptors (Lipinski definition) is 4. The maximum absolute atomic E-state index is 11.0. The second kappa shape index (κ2) is 6.10. The van der Waals surface area contributed by atoms with Crippen molar-refractivity contribution in [2.75, 3.05) is 7.11 Å². The molecule has 5 nitrogen and oxygen atoms in total. The smallest absolute Gasteiger partial charge is 0.314 e. The van der Waals surface area contributed by atoms with Crippen LogP contribution >= 0.6 is 11.6 Å². The number of ether oxygens (including phenoxy) is 2. The van der Waals surface area contributed by atoms with Crippen molar-refractivity contribution < 1.29 is 14.4 Å². The second-order valence-corrected chi connectivity index (χ2v) is 5.87. The molecule has 1 saturated carbocycles. The minimum atomic E-state index is -0.469. The lowest BCUT2D eigenvalue weighted by atomic mass is 9.62. The molecule has 116 valence electrons. The fourth-order valence-corrected chi connectivity index (χ4v) is 3.67. The summed E-state index contributed by atoms with van der Waals surface area (Å²) in [6, 6.07) is 4.67. The largest absolute Gasteiger partial charge is 0.490 e. The van der Waals surface area contributed by atoms with Crippen molar-refractivity contribution in [3.63, 3.8) is 0 Å². The fraction of sp³-hybridized carbons (Fsp3) is 0.600. The molecule has 0 aliphatic heterocycles. The van der Waals surface area contributed by atoms with Crippen LogP contribution in [0.1, 0.15) is 33.1 Å². The Morgan fingerprint density at radius 1 is 1.43 bits per heavy atom. The van der Waals surface area contributed by atoms with Gasteiger partial charge in [-0.05, 0) is 25.0 Å². The van der Waals surface area contributed by atoms with Crippen molar-refractivity contribution in [3.8, 4) is 11.5 Å². The van der Waals surface area contributed by atoms with Crippen LogP contribution in [-0.2, 0) is 0 Å². The van der Waals surface area contributed by atoms with Crippen molar-refractivity contribution in [3.05, 3.63) is 28.3 Å². The second-order valence-electron chi connectivity index (χ2n) is 5.34. The highest BCUT2D eigenvalue weighted by atomic mass is 35.5. The number of nitro benzene ring substituents is 1. The van der Waals surface area contributed by atoms with Gasteiger partial charge >= 0.3 is 5.69 Å². The third-order valence-corrected chi connectivity index (χ3v) is 5.24. The number of nitro groups is 1. The predicted molar refractivity (Wildman–Crippen MR) is 81.3 cm³/mol. The standard InChI is InChI=1S/C15H20ClNO4/c1-4-15(5-2)13(16)9-14(15)21-10-6-7-12(20-3)11(8-10)17(18)19/h6-8,13-14H,4-5,9H2,1-3H3. The Morgan fingerprint density at radius 3 is 2.57 bits per heavy atom. The van der Waals surface area contributed by atoms with Gasteiger partial charge in [-0.25, -0.2) is 0 Å². The summed E-state index contributed by atoms with van der Waals surface area (Å²) in [6.07, 6.45) is 2.63. The average molecular weight is 314 g/mol. The highest BCUT2D eigenvalue weighted by molar-refractivity contribution is 6.21. The highest BCUT2D eigenvalue weighted by Crippen LogP contribution is 2.52. The van der Waals surface area contributed by atoms with E-state index in [1.807, 2.05) is 0 Å². The topological polar surface area (TPSA) is 61.6 Å². The molecule has 2 rings (SSSR count). The molecule has 0 saturated heterocycles. The van der Waals surface area contributed by atoms with E-state index < -0.39 is 4.92 Å². The number of methoxy groups -OCH3 is 1. The Bertz CT molecular complexity index is 530. The van der Waals surface area contributed by atoms with E-state index in [9.17, 15) is 10.1 Å². The SMILES string of the molecule is CCC1(CC)C(Cl)CC1Oc1ccc(OC)c([N+](=O)[O-])c1. The molecule has 6 heteroatoms. The van der Waals surface area contributed by atoms with Crippen LogP contribution in [0.4, 0.5) is 5.69 Å². The molecule has 0 spiro atoms. The summed E-state index contributed by atoms with van der Waals surface area (Å²) in [4.78, 5) is 10.6. The molecule has 1 fully saturated rings. The summed E-state index contributed by atoms with van der Waals surface area (Å²) in [5.41, 5.74) is -0.133. The van der Waals surface area contributed by atoms with Crippen LogP contribution in [0, 0.1) is 15.5 Å². The van der Waals surface area contributed by atoms with Gasteiger partial charge in [0.2, 0.25) is 0 Å². The van der Waals surface area contributed by atoms with Gasteiger partial charge in [0.05, 0.1) is 18.1 Å². The Morgan fingerprint density at radius 2 is 2.10 bits per heavy atom. The van der Waals surface area contributed by atoms with Gasteiger partial charge in [-0.2, -0.15) is 0 Å². The molecule has 0 N–H and O–H groups in total. The number of benzene rings is 1. The minimum absolute atomic E-state index is 0.00278. The monoisotopic (exact) mass is 313 g/mol. The van der Waals surface area contributed by atoms with E-state index >= 15 is 0 Å². The molecule has 1 aliphatic carbocycles. The number of rotatable bonds is 6. The molecule has 0 amide bonds. The quantitative estimate of drug-likeness (QED) is 0.449. The molecule has 0 bridgehead atoms. The van der Waals surface area contributed by atoms with Crippen molar-refractivity contribution in [1.29, 1.82) is 0 Å². The Labute approximate surface area is 129 Å². The Kier molecular flexibility index (Phi) is 4.61. The molecular weight excluding hydrogens is 294 g/mol. The molecule has 1 aromatic carbocycles. The zero-order chi connectivity index (χ0) is 15.6. The first-order valence-electron chi connectivity index (χ1n) is 7.11. The van der Waals surface area contributed by atoms with Gasteiger partial charge in [0, 0.05) is 17.2 Å². The van der Waals surface area contributed by atoms with Crippen LogP contribution < -0.4 is 9.47 Å². The van der Waals surface area contributed by atoms with Crippen LogP contribution in [0.15, 0.2) is 18.2 Å². The normalized spacial score (nSPS) is 23.2. The molecule has 2 atom stereocenters. The van der Waals surface area contributed by atoms with Crippen LogP contribution in [0.5, 0.6) is 11.5 Å². The van der Waals surface area contributed by atoms with Gasteiger partial charge < -0.3 is 9.47 Å². The predicted octanol–water partition coefficient (Wildman–Crippen LogP) is 4.17. The van der Waals surface area contributed by atoms with Gasteiger partial charge in [0.1, 0.15) is 11.9 Å². The van der Waals surface area contributed by atoms with Crippen LogP contribution in [0.25, 0.3) is 0 Å². The van der Waals surface area contributed by atoms with E-state index in [1.54, 1.807) is 12.1 Å². The lowest BCUT2D eigenvalue weighted by molar-refractivity contribution is -0.385. The first kappa shape index (κ1) is 15.9. The lowest BCUT2D eigenvalue weighted by Gasteiger charge is -2.52. The van der Waals surface area contributed by atoms with Crippen molar-refractivity contribution in [2.45, 2.75) is 44.6 Å². The van der Waals surface area contributed by atoms with E-state index in [1.165, 1.54) is 13.2 Å². The summed E-state index contributed by atoms with van der Waals surface area (Å²) in [6.45, 7) is 4.20. The molecular formula is C15H20ClNO4. The summed E-state index contributed by atoms with van der Waals surface area (Å²) >= 11 is 6.35. The van der Waals surface area contributed by atoms with Gasteiger partial charge in [-0.15, -0.1) is 11.6 Å². The summed E-state index contributed by atoms with van der Waals surface area (Å²) in [5, 5.41) is 11.1. The number of hydrogen-bond donors (Lipinski definition) is 0. The summed E-state index contributed by atoms with van der Waals surface area (Å²) in [5.74, 6) is 0.718. The average Bonchev–Trinajstić information content (AvgIpc) is 2.48. The van der Waals surface area contributed by atoms with Crippen LogP contribution in [0.3, 0.4) is 0 Å². The van der Waals surface area contributed by atoms with Gasteiger partial charge in [0.25, 0.3) is 0 Å². The van der Waals surface area contributed by atoms with Crippen molar-refractivity contribution >= 4 is 17.3 Å². The van der Waals surface area contributed by atoms with Crippen molar-refractivity contribution in [2.24, 2.45) is 5.41 Å². The lowest BCUT2D eigenvalue weighted by Crippen LogP contribution is -2.56. The molecule has 21 heavy (non-hydrogen) atoms. The zero-order valence-corrected chi connectivity index (χ0v) is 13.2. The maximum atomic E-state index is 11.0. The Balaban J connectivity index is 2.21. The third-order valence-electron chi connectivity index (χ3n) is 4.63. The molecule has 0 aromatic heterocycles. The summed E-state index contributed by atoms with van der Waals surface area (Å²) < 4.78 is 11.0. The number of nitrogens with zero attached hydrogens (tertiary/aromatic N) is 1. The molecule has 2 unspecified atom stereocenters. The van der Waals surface area contributed by atoms with Gasteiger partial charge in [-0.3, -0.25) is 10.1 Å². The third kappa shape index (κ3) is 2.67. The number of halogens is 1. The van der Waals surface area contributed by atoms with E-state index in [-0.39, 0.29) is 28.3 Å². The van der Waals surface area contributed by atoms with E-state index in [0.29, 0.717) is 5.75 Å². The molecule has 0 radical (unpaired) electrons. The van der Waals surface area contributed by atoms with Crippen LogP contribution in [0.2, 0.25) is 0 Å². The Hall–Kier alpha value is -1.49. The van der Waals surface area contributed by atoms with Crippen molar-refractivity contribution in [1.82, 2.24) is 0 Å². The fourth-order valence-electron chi connectivity index (χ4n) is 3.06. The molecule has 1 aromatic rings. The van der Waals surface area contributed by atoms with E-state index in [4.69, 9.17) is 21.1 Å². The first-order valence-corrected chi connectivity index (χ1v) is 7.55. The van der Waals surface area contributed by atoms with Gasteiger partial charge in [-0.1, -0.05) is 13.8 Å². The van der Waals surface area contributed by atoms with E-state index in [0.717, 1.165) is 19.3 Å². The minimum Gasteiger partial charge on any atom is -0.490 e. The molecule has 1 aliphatic rings. The van der Waals surface area contributed by atoms with Crippen LogP contribution in [-0.4, -0.2) is 23.5 Å².